The molecule has 0 aromatic carbocycles. The zero-order valence-corrected chi connectivity index (χ0v) is 15.3. The van der Waals surface area contributed by atoms with Gasteiger partial charge in [-0.05, 0) is 91.8 Å². The molecule has 2 N–H and O–H groups in total. The highest BCUT2D eigenvalue weighted by Gasteiger charge is 2.63. The maximum Gasteiger partial charge on any atom is 0.307 e. The molecule has 6 atom stereocenters. The number of rotatable bonds is 4. The Bertz CT molecular complexity index is 662. The molecular formula is C22H29NO3. The van der Waals surface area contributed by atoms with Gasteiger partial charge in [-0.15, -0.1) is 0 Å². The van der Waals surface area contributed by atoms with E-state index in [1.54, 1.807) is 0 Å². The van der Waals surface area contributed by atoms with Gasteiger partial charge in [0.15, 0.2) is 0 Å². The van der Waals surface area contributed by atoms with Crippen molar-refractivity contribution in [1.82, 2.24) is 5.32 Å². The maximum absolute atomic E-state index is 13.2. The summed E-state index contributed by atoms with van der Waals surface area (Å²) in [5.74, 6) is 2.37. The summed E-state index contributed by atoms with van der Waals surface area (Å²) in [6, 6.07) is 0. The van der Waals surface area contributed by atoms with Crippen molar-refractivity contribution >= 4 is 11.9 Å². The third kappa shape index (κ3) is 2.13. The summed E-state index contributed by atoms with van der Waals surface area (Å²) in [4.78, 5) is 25.1. The van der Waals surface area contributed by atoms with Gasteiger partial charge < -0.3 is 10.4 Å². The molecule has 0 spiro atoms. The first-order valence-electron chi connectivity index (χ1n) is 10.7. The zero-order chi connectivity index (χ0) is 17.6. The molecule has 0 aromatic rings. The van der Waals surface area contributed by atoms with Crippen LogP contribution in [-0.2, 0) is 9.59 Å². The van der Waals surface area contributed by atoms with Crippen LogP contribution in [-0.4, -0.2) is 23.5 Å². The molecule has 0 heterocycles. The maximum atomic E-state index is 13.2. The normalized spacial score (nSPS) is 54.8. The number of amides is 1. The summed E-state index contributed by atoms with van der Waals surface area (Å²) < 4.78 is 0. The number of hydrogen-bond acceptors (Lipinski definition) is 2. The number of aliphatic carboxylic acids is 1. The van der Waals surface area contributed by atoms with Gasteiger partial charge in [0.25, 0.3) is 0 Å². The Morgan fingerprint density at radius 2 is 1.42 bits per heavy atom. The third-order valence-electron chi connectivity index (χ3n) is 9.04. The van der Waals surface area contributed by atoms with Crippen LogP contribution in [0.5, 0.6) is 0 Å². The lowest BCUT2D eigenvalue weighted by Crippen LogP contribution is -2.54. The predicted molar refractivity (Wildman–Crippen MR) is 95.9 cm³/mol. The van der Waals surface area contributed by atoms with E-state index in [0.717, 1.165) is 30.7 Å². The Hall–Kier alpha value is -1.32. The highest BCUT2D eigenvalue weighted by Crippen LogP contribution is 2.64. The molecule has 0 unspecified atom stereocenters. The predicted octanol–water partition coefficient (Wildman–Crippen LogP) is 3.09. The lowest BCUT2D eigenvalue weighted by Gasteiger charge is -2.57. The monoisotopic (exact) mass is 355 g/mol. The van der Waals surface area contributed by atoms with Crippen LogP contribution in [0.2, 0.25) is 0 Å². The number of carboxylic acid groups (broad SMARTS) is 1. The molecule has 26 heavy (non-hydrogen) atoms. The van der Waals surface area contributed by atoms with Gasteiger partial charge in [-0.1, -0.05) is 12.2 Å². The topological polar surface area (TPSA) is 66.4 Å². The van der Waals surface area contributed by atoms with Crippen LogP contribution in [0.15, 0.2) is 12.2 Å². The van der Waals surface area contributed by atoms with Crippen LogP contribution in [0.1, 0.15) is 44.9 Å². The van der Waals surface area contributed by atoms with E-state index in [4.69, 9.17) is 0 Å². The van der Waals surface area contributed by atoms with Crippen LogP contribution < -0.4 is 5.32 Å². The molecule has 6 bridgehead atoms. The van der Waals surface area contributed by atoms with E-state index in [2.05, 4.69) is 17.5 Å². The van der Waals surface area contributed by atoms with E-state index in [9.17, 15) is 14.7 Å². The summed E-state index contributed by atoms with van der Waals surface area (Å²) in [6.07, 6.45) is 13.4. The van der Waals surface area contributed by atoms with Gasteiger partial charge in [-0.25, -0.2) is 0 Å². The van der Waals surface area contributed by atoms with Crippen LogP contribution in [0, 0.1) is 58.7 Å². The Labute approximate surface area is 154 Å². The molecule has 8 aliphatic rings. The van der Waals surface area contributed by atoms with Crippen molar-refractivity contribution < 1.29 is 14.7 Å². The Morgan fingerprint density at radius 3 is 1.96 bits per heavy atom. The molecule has 0 aliphatic heterocycles. The van der Waals surface area contributed by atoms with Crippen molar-refractivity contribution in [2.45, 2.75) is 44.9 Å². The summed E-state index contributed by atoms with van der Waals surface area (Å²) in [5.41, 5.74) is 0.314. The minimum atomic E-state index is -0.773. The van der Waals surface area contributed by atoms with E-state index in [1.165, 1.54) is 38.5 Å². The average Bonchev–Trinajstić information content (AvgIpc) is 3.40. The van der Waals surface area contributed by atoms with Crippen molar-refractivity contribution in [3.05, 3.63) is 12.2 Å². The first-order chi connectivity index (χ1) is 12.5. The number of carbonyl (C=O) groups excluding carboxylic acids is 1. The molecule has 4 heteroatoms. The second kappa shape index (κ2) is 5.14. The number of carbonyl (C=O) groups is 2. The number of fused-ring (bicyclic) bond motifs is 1. The average molecular weight is 355 g/mol. The number of allylic oxidation sites excluding steroid dienone is 2. The lowest BCUT2D eigenvalue weighted by atomic mass is 9.49. The molecule has 6 fully saturated rings. The van der Waals surface area contributed by atoms with Gasteiger partial charge >= 0.3 is 5.97 Å². The molecular weight excluding hydrogens is 326 g/mol. The molecule has 8 rings (SSSR count). The summed E-state index contributed by atoms with van der Waals surface area (Å²) in [6.45, 7) is 0.785. The molecule has 8 aliphatic carbocycles. The van der Waals surface area contributed by atoms with Gasteiger partial charge in [0.1, 0.15) is 0 Å². The van der Waals surface area contributed by atoms with Gasteiger partial charge in [0.2, 0.25) is 5.91 Å². The Morgan fingerprint density at radius 1 is 0.885 bits per heavy atom. The molecule has 1 amide bonds. The van der Waals surface area contributed by atoms with E-state index >= 15 is 0 Å². The van der Waals surface area contributed by atoms with Crippen LogP contribution in [0.4, 0.5) is 0 Å². The second-order valence-corrected chi connectivity index (χ2v) is 10.6. The molecule has 4 nitrogen and oxygen atoms in total. The lowest BCUT2D eigenvalue weighted by molar-refractivity contribution is -0.153. The summed E-state index contributed by atoms with van der Waals surface area (Å²) in [7, 11) is 0. The largest absolute Gasteiger partial charge is 0.481 e. The molecule has 0 saturated heterocycles. The van der Waals surface area contributed by atoms with Crippen LogP contribution in [0.3, 0.4) is 0 Å². The standard InChI is InChI=1S/C22H29NO3/c24-20(18-14-1-2-15(17-6-16(14)17)19(18)21(25)26)23-10-22-7-11-3-12(8-22)5-13(4-11)9-22/h1-2,11-19H,3-10H2,(H,23,24)(H,25,26)/t11?,12?,13?,14-,15+,16+,17+,18-,19-,22?/m0/s1. The molecule has 6 saturated carbocycles. The van der Waals surface area contributed by atoms with Gasteiger partial charge in [-0.2, -0.15) is 0 Å². The molecule has 0 aromatic heterocycles. The first kappa shape index (κ1) is 15.7. The van der Waals surface area contributed by atoms with E-state index in [-0.39, 0.29) is 23.7 Å². The van der Waals surface area contributed by atoms with Crippen molar-refractivity contribution in [3.63, 3.8) is 0 Å². The van der Waals surface area contributed by atoms with Crippen LogP contribution >= 0.6 is 0 Å². The number of hydrogen-bond donors (Lipinski definition) is 2. The quantitative estimate of drug-likeness (QED) is 0.762. The number of carboxylic acids is 1. The van der Waals surface area contributed by atoms with E-state index in [1.807, 2.05) is 0 Å². The minimum Gasteiger partial charge on any atom is -0.481 e. The molecule has 0 radical (unpaired) electrons. The summed E-state index contributed by atoms with van der Waals surface area (Å²) >= 11 is 0. The smallest absolute Gasteiger partial charge is 0.307 e. The van der Waals surface area contributed by atoms with Crippen molar-refractivity contribution in [2.75, 3.05) is 6.54 Å². The first-order valence-corrected chi connectivity index (χ1v) is 10.7. The van der Waals surface area contributed by atoms with Crippen LogP contribution in [0.25, 0.3) is 0 Å². The zero-order valence-electron chi connectivity index (χ0n) is 15.3. The third-order valence-corrected chi connectivity index (χ3v) is 9.04. The Balaban J connectivity index is 1.19. The molecule has 140 valence electrons. The van der Waals surface area contributed by atoms with Gasteiger partial charge in [0.05, 0.1) is 11.8 Å². The highest BCUT2D eigenvalue weighted by atomic mass is 16.4. The van der Waals surface area contributed by atoms with Crippen molar-refractivity contribution in [1.29, 1.82) is 0 Å². The number of nitrogens with one attached hydrogen (secondary N) is 1. The van der Waals surface area contributed by atoms with Crippen molar-refractivity contribution in [3.8, 4) is 0 Å². The van der Waals surface area contributed by atoms with E-state index in [0.29, 0.717) is 17.3 Å². The fourth-order valence-corrected chi connectivity index (χ4v) is 8.47. The van der Waals surface area contributed by atoms with Gasteiger partial charge in [0, 0.05) is 6.54 Å². The fourth-order valence-electron chi connectivity index (χ4n) is 8.47. The minimum absolute atomic E-state index is 0.0258. The van der Waals surface area contributed by atoms with E-state index < -0.39 is 11.9 Å². The van der Waals surface area contributed by atoms with Crippen molar-refractivity contribution in [2.24, 2.45) is 58.7 Å². The fraction of sp³-hybridized carbons (Fsp3) is 0.818. The summed E-state index contributed by atoms with van der Waals surface area (Å²) in [5, 5.41) is 13.1. The SMILES string of the molecule is O=C(O)[C@H]1[C@@H]2C=C[C@@H]([C@H]3C[C@H]23)[C@@H]1C(=O)NCC12CC3CC(CC(C3)C1)C2. The second-order valence-electron chi connectivity index (χ2n) is 10.6. The highest BCUT2D eigenvalue weighted by molar-refractivity contribution is 5.86. The van der Waals surface area contributed by atoms with Gasteiger partial charge in [-0.3, -0.25) is 9.59 Å². The Kier molecular flexibility index (Phi) is 3.11.